The number of rotatable bonds is 3. The van der Waals surface area contributed by atoms with Crippen molar-refractivity contribution < 1.29 is 22.4 Å². The smallest absolute Gasteiger partial charge is 0.354 e. The molecule has 0 radical (unpaired) electrons. The van der Waals surface area contributed by atoms with Crippen LogP contribution in [0.1, 0.15) is 23.6 Å². The molecule has 1 fully saturated rings. The molecular weight excluding hydrogens is 404 g/mol. The van der Waals surface area contributed by atoms with Crippen LogP contribution in [0, 0.1) is 12.7 Å². The van der Waals surface area contributed by atoms with Gasteiger partial charge in [0.25, 0.3) is 5.78 Å². The average molecular weight is 422 g/mol. The lowest BCUT2D eigenvalue weighted by molar-refractivity contribution is -0.174. The summed E-state index contributed by atoms with van der Waals surface area (Å²) >= 11 is 0. The number of piperidine rings is 1. The number of nitrogens with zero attached hydrogens (tertiary/aromatic N) is 5. The molecule has 0 aliphatic carbocycles. The van der Waals surface area contributed by atoms with Crippen LogP contribution in [0.4, 0.5) is 23.4 Å². The summed E-state index contributed by atoms with van der Waals surface area (Å²) in [6.45, 7) is 2.40. The number of nitrogens with one attached hydrogen (secondary N) is 1. The Hall–Kier alpha value is -3.24. The fourth-order valence-corrected chi connectivity index (χ4v) is 3.80. The zero-order chi connectivity index (χ0) is 21.5. The van der Waals surface area contributed by atoms with E-state index < -0.39 is 29.9 Å². The Balaban J connectivity index is 1.66. The van der Waals surface area contributed by atoms with Crippen molar-refractivity contribution >= 4 is 17.5 Å². The molecule has 0 spiro atoms. The summed E-state index contributed by atoms with van der Waals surface area (Å²) in [5.41, 5.74) is 1.35. The Bertz CT molecular complexity index is 1070. The molecule has 11 heteroatoms. The largest absolute Gasteiger partial charge is 0.471 e. The number of carbonyl (C=O) groups excluding carboxylic acids is 1. The van der Waals surface area contributed by atoms with Crippen molar-refractivity contribution in [2.24, 2.45) is 0 Å². The SMILES string of the molecule is Cc1cc(N2CCC(c3ccc(F)cc3)C(NC(=O)C(F)(F)F)C2)n2ncnc2n1. The second-order valence-corrected chi connectivity index (χ2v) is 7.20. The molecule has 3 heterocycles. The Morgan fingerprint density at radius 1 is 1.23 bits per heavy atom. The Morgan fingerprint density at radius 3 is 2.67 bits per heavy atom. The molecule has 1 amide bonds. The Kier molecular flexibility index (Phi) is 5.04. The van der Waals surface area contributed by atoms with Crippen molar-refractivity contribution in [1.82, 2.24) is 24.9 Å². The molecule has 1 saturated heterocycles. The minimum Gasteiger partial charge on any atom is -0.354 e. The van der Waals surface area contributed by atoms with Gasteiger partial charge in [-0.25, -0.2) is 9.37 Å². The maximum atomic E-state index is 13.3. The lowest BCUT2D eigenvalue weighted by atomic mass is 9.85. The van der Waals surface area contributed by atoms with Gasteiger partial charge in [0.15, 0.2) is 0 Å². The quantitative estimate of drug-likeness (QED) is 0.657. The highest BCUT2D eigenvalue weighted by molar-refractivity contribution is 5.82. The number of halogens is 4. The highest BCUT2D eigenvalue weighted by Gasteiger charge is 2.42. The number of alkyl halides is 3. The first-order chi connectivity index (χ1) is 14.2. The number of anilines is 1. The van der Waals surface area contributed by atoms with Crippen molar-refractivity contribution in [2.45, 2.75) is 31.5 Å². The van der Waals surface area contributed by atoms with Gasteiger partial charge in [-0.05, 0) is 31.0 Å². The first-order valence-electron chi connectivity index (χ1n) is 9.28. The number of fused-ring (bicyclic) bond motifs is 1. The van der Waals surface area contributed by atoms with Crippen LogP contribution in [-0.4, -0.2) is 50.8 Å². The molecule has 2 unspecified atom stereocenters. The molecule has 3 aromatic rings. The highest BCUT2D eigenvalue weighted by atomic mass is 19.4. The number of aromatic nitrogens is 4. The third-order valence-electron chi connectivity index (χ3n) is 5.17. The molecule has 1 aliphatic rings. The summed E-state index contributed by atoms with van der Waals surface area (Å²) in [5, 5.41) is 6.26. The standard InChI is InChI=1S/C19H18F4N6O/c1-11-8-16(29-18(26-11)24-10-25-29)28-7-6-14(12-2-4-13(20)5-3-12)15(9-28)27-17(30)19(21,22)23/h2-5,8,10,14-15H,6-7,9H2,1H3,(H,27,30). The first kappa shape index (κ1) is 20.0. The van der Waals surface area contributed by atoms with Crippen LogP contribution in [0.5, 0.6) is 0 Å². The van der Waals surface area contributed by atoms with Gasteiger partial charge in [0, 0.05) is 30.8 Å². The van der Waals surface area contributed by atoms with Gasteiger partial charge in [-0.15, -0.1) is 0 Å². The van der Waals surface area contributed by atoms with Crippen molar-refractivity contribution in [2.75, 3.05) is 18.0 Å². The van der Waals surface area contributed by atoms with E-state index in [1.165, 1.54) is 35.1 Å². The van der Waals surface area contributed by atoms with Crippen LogP contribution in [0.25, 0.3) is 5.78 Å². The van der Waals surface area contributed by atoms with Crippen LogP contribution < -0.4 is 10.2 Å². The van der Waals surface area contributed by atoms with Crippen molar-refractivity contribution in [1.29, 1.82) is 0 Å². The molecule has 1 aromatic carbocycles. The van der Waals surface area contributed by atoms with E-state index >= 15 is 0 Å². The lowest BCUT2D eigenvalue weighted by Crippen LogP contribution is -2.54. The van der Waals surface area contributed by atoms with E-state index in [-0.39, 0.29) is 6.54 Å². The summed E-state index contributed by atoms with van der Waals surface area (Å²) in [5.74, 6) is -1.84. The number of aryl methyl sites for hydroxylation is 1. The van der Waals surface area contributed by atoms with Crippen molar-refractivity contribution in [3.8, 4) is 0 Å². The van der Waals surface area contributed by atoms with Crippen molar-refractivity contribution in [3.63, 3.8) is 0 Å². The molecule has 0 bridgehead atoms. The second-order valence-electron chi connectivity index (χ2n) is 7.20. The minimum absolute atomic E-state index is 0.113. The zero-order valence-electron chi connectivity index (χ0n) is 15.9. The van der Waals surface area contributed by atoms with Gasteiger partial charge < -0.3 is 10.2 Å². The summed E-state index contributed by atoms with van der Waals surface area (Å²) in [6.07, 6.45) is -3.20. The third kappa shape index (κ3) is 3.91. The molecule has 4 rings (SSSR count). The van der Waals surface area contributed by atoms with E-state index in [1.807, 2.05) is 4.90 Å². The number of hydrogen-bond donors (Lipinski definition) is 1. The van der Waals surface area contributed by atoms with Gasteiger partial charge in [0.2, 0.25) is 0 Å². The molecule has 2 aromatic heterocycles. The predicted molar refractivity (Wildman–Crippen MR) is 99.5 cm³/mol. The van der Waals surface area contributed by atoms with Gasteiger partial charge in [-0.2, -0.15) is 27.8 Å². The molecule has 1 N–H and O–H groups in total. The van der Waals surface area contributed by atoms with Gasteiger partial charge in [0.1, 0.15) is 18.0 Å². The van der Waals surface area contributed by atoms with E-state index in [1.54, 1.807) is 13.0 Å². The van der Waals surface area contributed by atoms with E-state index in [0.717, 1.165) is 0 Å². The van der Waals surface area contributed by atoms with E-state index in [2.05, 4.69) is 20.4 Å². The van der Waals surface area contributed by atoms with Crippen LogP contribution >= 0.6 is 0 Å². The molecule has 7 nitrogen and oxygen atoms in total. The zero-order valence-corrected chi connectivity index (χ0v) is 15.9. The number of carbonyl (C=O) groups is 1. The topological polar surface area (TPSA) is 75.4 Å². The minimum atomic E-state index is -5.00. The molecule has 158 valence electrons. The number of hydrogen-bond acceptors (Lipinski definition) is 5. The monoisotopic (exact) mass is 422 g/mol. The molecular formula is C19H18F4N6O. The maximum Gasteiger partial charge on any atom is 0.471 e. The fraction of sp³-hybridized carbons (Fsp3) is 0.368. The normalized spacial score (nSPS) is 19.8. The Labute approximate surface area is 168 Å². The molecule has 2 atom stereocenters. The highest BCUT2D eigenvalue weighted by Crippen LogP contribution is 2.32. The second kappa shape index (κ2) is 7.54. The summed E-state index contributed by atoms with van der Waals surface area (Å²) < 4.78 is 53.6. The van der Waals surface area contributed by atoms with Crippen LogP contribution in [-0.2, 0) is 4.79 Å². The van der Waals surface area contributed by atoms with E-state index in [9.17, 15) is 22.4 Å². The van der Waals surface area contributed by atoms with E-state index in [0.29, 0.717) is 35.8 Å². The summed E-state index contributed by atoms with van der Waals surface area (Å²) in [6, 6.07) is 6.52. The van der Waals surface area contributed by atoms with Crippen LogP contribution in [0.2, 0.25) is 0 Å². The first-order valence-corrected chi connectivity index (χ1v) is 9.28. The van der Waals surface area contributed by atoms with Gasteiger partial charge in [-0.1, -0.05) is 12.1 Å². The lowest BCUT2D eigenvalue weighted by Gasteiger charge is -2.40. The van der Waals surface area contributed by atoms with Gasteiger partial charge >= 0.3 is 12.1 Å². The van der Waals surface area contributed by atoms with Gasteiger partial charge in [-0.3, -0.25) is 4.79 Å². The number of benzene rings is 1. The average Bonchev–Trinajstić information content (AvgIpc) is 3.15. The maximum absolute atomic E-state index is 13.3. The molecule has 0 saturated carbocycles. The predicted octanol–water partition coefficient (Wildman–Crippen LogP) is 2.61. The fourth-order valence-electron chi connectivity index (χ4n) is 3.80. The number of amides is 1. The third-order valence-corrected chi connectivity index (χ3v) is 5.17. The van der Waals surface area contributed by atoms with Crippen molar-refractivity contribution in [3.05, 3.63) is 53.7 Å². The molecule has 1 aliphatic heterocycles. The van der Waals surface area contributed by atoms with Crippen LogP contribution in [0.15, 0.2) is 36.7 Å². The Morgan fingerprint density at radius 2 is 1.97 bits per heavy atom. The molecule has 30 heavy (non-hydrogen) atoms. The van der Waals surface area contributed by atoms with Crippen LogP contribution in [0.3, 0.4) is 0 Å². The van der Waals surface area contributed by atoms with Gasteiger partial charge in [0.05, 0.1) is 6.04 Å². The summed E-state index contributed by atoms with van der Waals surface area (Å²) in [7, 11) is 0. The van der Waals surface area contributed by atoms with E-state index in [4.69, 9.17) is 0 Å². The summed E-state index contributed by atoms with van der Waals surface area (Å²) in [4.78, 5) is 21.9.